The molecule has 2 heterocycles. The lowest BCUT2D eigenvalue weighted by Crippen LogP contribution is -2.17. The summed E-state index contributed by atoms with van der Waals surface area (Å²) in [6.07, 6.45) is 4.19. The fourth-order valence-electron chi connectivity index (χ4n) is 3.54. The van der Waals surface area contributed by atoms with Crippen molar-refractivity contribution in [2.24, 2.45) is 5.10 Å². The minimum Gasteiger partial charge on any atom is -0.314 e. The maximum Gasteiger partial charge on any atom is 0.308 e. The van der Waals surface area contributed by atoms with Crippen LogP contribution in [0, 0.1) is 0 Å². The molecule has 9 heteroatoms. The molecule has 0 bridgehead atoms. The number of nitrogens with zero attached hydrogens (tertiary/aromatic N) is 3. The molecule has 0 atom stereocenters. The summed E-state index contributed by atoms with van der Waals surface area (Å²) in [7, 11) is 0. The second-order valence-electron chi connectivity index (χ2n) is 7.57. The molecule has 0 unspecified atom stereocenters. The molecule has 0 fully saturated rings. The monoisotopic (exact) mass is 540 g/mol. The summed E-state index contributed by atoms with van der Waals surface area (Å²) in [4.78, 5) is 12.8. The van der Waals surface area contributed by atoms with Gasteiger partial charge in [-0.2, -0.15) is 23.5 Å². The Hall–Kier alpha value is -2.46. The molecule has 5 aromatic rings. The second kappa shape index (κ2) is 13.0. The molecule has 0 amide bonds. The fraction of sp³-hybridized carbons (Fsp3) is 0.231. The van der Waals surface area contributed by atoms with E-state index in [4.69, 9.17) is 0 Å². The summed E-state index contributed by atoms with van der Waals surface area (Å²) in [5.41, 5.74) is 6.47. The molecule has 0 aliphatic carbocycles. The number of thiazole rings is 2. The summed E-state index contributed by atoms with van der Waals surface area (Å²) in [6.45, 7) is 1.78. The number of hydrogen-bond acceptors (Lipinski definition) is 7. The van der Waals surface area contributed by atoms with Crippen LogP contribution in [0.15, 0.2) is 88.8 Å². The summed E-state index contributed by atoms with van der Waals surface area (Å²) < 4.78 is 6.49. The van der Waals surface area contributed by atoms with Gasteiger partial charge >= 0.3 is 4.87 Å². The summed E-state index contributed by atoms with van der Waals surface area (Å²) >= 11 is 6.66. The average molecular weight is 541 g/mol. The van der Waals surface area contributed by atoms with E-state index in [-0.39, 0.29) is 4.87 Å². The maximum atomic E-state index is 11.6. The number of nitrogens with one attached hydrogen (secondary N) is 1. The van der Waals surface area contributed by atoms with Crippen molar-refractivity contribution >= 4 is 72.3 Å². The first-order chi connectivity index (χ1) is 17.2. The van der Waals surface area contributed by atoms with Crippen LogP contribution < -0.4 is 15.1 Å². The number of benzene rings is 3. The van der Waals surface area contributed by atoms with E-state index in [1.165, 1.54) is 21.6 Å². The standard InChI is InChI=1S/C16H17N3S2.C10H11NOS2/c1-20-12-11-19-14-9-5-6-10-15(14)21-16(19)18-17-13-7-3-2-4-8-13;1-13-7-6-11-8-4-2-3-5-9(8)14-10(11)12/h2-10,17H,11-12H2,1H3;2-5H,6-7H2,1H3/b18-16+;. The van der Waals surface area contributed by atoms with Crippen LogP contribution in [0.25, 0.3) is 20.4 Å². The van der Waals surface area contributed by atoms with Crippen LogP contribution in [0.3, 0.4) is 0 Å². The number of hydrogen-bond donors (Lipinski definition) is 1. The van der Waals surface area contributed by atoms with Crippen LogP contribution >= 0.6 is 46.2 Å². The van der Waals surface area contributed by atoms with Crippen molar-refractivity contribution in [3.05, 3.63) is 93.3 Å². The predicted molar refractivity (Wildman–Crippen MR) is 158 cm³/mol. The van der Waals surface area contributed by atoms with E-state index >= 15 is 0 Å². The summed E-state index contributed by atoms with van der Waals surface area (Å²) in [6, 6.07) is 26.5. The Morgan fingerprint density at radius 3 is 1.94 bits per heavy atom. The van der Waals surface area contributed by atoms with Gasteiger partial charge in [0.05, 0.1) is 26.1 Å². The zero-order valence-corrected chi connectivity index (χ0v) is 23.0. The third-order valence-corrected chi connectivity index (χ3v) is 8.46. The van der Waals surface area contributed by atoms with E-state index in [9.17, 15) is 4.79 Å². The molecule has 0 spiro atoms. The molecule has 3 aromatic carbocycles. The van der Waals surface area contributed by atoms with Gasteiger partial charge in [0.25, 0.3) is 0 Å². The van der Waals surface area contributed by atoms with E-state index in [0.717, 1.165) is 45.3 Å². The first-order valence-corrected chi connectivity index (χ1v) is 15.6. The van der Waals surface area contributed by atoms with Gasteiger partial charge in [0, 0.05) is 24.6 Å². The molecule has 0 aliphatic heterocycles. The van der Waals surface area contributed by atoms with Gasteiger partial charge in [0.2, 0.25) is 4.80 Å². The van der Waals surface area contributed by atoms with Crippen LogP contribution in [0.1, 0.15) is 0 Å². The third kappa shape index (κ3) is 6.61. The Labute approximate surface area is 221 Å². The lowest BCUT2D eigenvalue weighted by molar-refractivity contribution is 0.770. The fourth-order valence-corrected chi connectivity index (χ4v) is 6.20. The summed E-state index contributed by atoms with van der Waals surface area (Å²) in [5, 5.41) is 4.59. The highest BCUT2D eigenvalue weighted by atomic mass is 32.2. The van der Waals surface area contributed by atoms with Gasteiger partial charge in [-0.25, -0.2) is 0 Å². The molecule has 0 aliphatic rings. The highest BCUT2D eigenvalue weighted by Crippen LogP contribution is 2.18. The third-order valence-electron chi connectivity index (χ3n) is 5.25. The number of fused-ring (bicyclic) bond motifs is 2. The van der Waals surface area contributed by atoms with E-state index in [0.29, 0.717) is 0 Å². The van der Waals surface area contributed by atoms with Gasteiger partial charge in [-0.3, -0.25) is 14.8 Å². The van der Waals surface area contributed by atoms with Gasteiger partial charge in [-0.1, -0.05) is 65.1 Å². The molecular weight excluding hydrogens is 513 g/mol. The first kappa shape index (κ1) is 25.6. The highest BCUT2D eigenvalue weighted by molar-refractivity contribution is 7.98. The van der Waals surface area contributed by atoms with Crippen molar-refractivity contribution in [2.75, 3.05) is 29.4 Å². The molecule has 5 rings (SSSR count). The minimum absolute atomic E-state index is 0.153. The number of anilines is 1. The molecule has 182 valence electrons. The van der Waals surface area contributed by atoms with Crippen molar-refractivity contribution < 1.29 is 0 Å². The number of para-hydroxylation sites is 3. The molecule has 5 nitrogen and oxygen atoms in total. The van der Waals surface area contributed by atoms with Crippen LogP contribution in [-0.4, -0.2) is 33.2 Å². The van der Waals surface area contributed by atoms with Gasteiger partial charge in [-0.05, 0) is 48.9 Å². The van der Waals surface area contributed by atoms with E-state index in [2.05, 4.69) is 51.9 Å². The Kier molecular flexibility index (Phi) is 9.53. The zero-order chi connectivity index (χ0) is 24.5. The number of aromatic nitrogens is 2. The molecule has 0 saturated heterocycles. The van der Waals surface area contributed by atoms with E-state index in [1.807, 2.05) is 70.9 Å². The van der Waals surface area contributed by atoms with Gasteiger partial charge in [-0.15, -0.1) is 5.10 Å². The maximum absolute atomic E-state index is 11.6. The average Bonchev–Trinajstić information content (AvgIpc) is 3.42. The molecule has 1 N–H and O–H groups in total. The molecule has 35 heavy (non-hydrogen) atoms. The Morgan fingerprint density at radius 2 is 1.29 bits per heavy atom. The normalized spacial score (nSPS) is 11.5. The largest absolute Gasteiger partial charge is 0.314 e. The summed E-state index contributed by atoms with van der Waals surface area (Å²) in [5.74, 6) is 2.07. The zero-order valence-electron chi connectivity index (χ0n) is 19.7. The number of thioether (sulfide) groups is 2. The second-order valence-corrected chi connectivity index (χ2v) is 11.5. The van der Waals surface area contributed by atoms with Gasteiger partial charge in [0.1, 0.15) is 0 Å². The molecule has 0 radical (unpaired) electrons. The van der Waals surface area contributed by atoms with Gasteiger partial charge < -0.3 is 4.57 Å². The van der Waals surface area contributed by atoms with Crippen LogP contribution in [0.5, 0.6) is 0 Å². The topological polar surface area (TPSA) is 51.3 Å². The Morgan fingerprint density at radius 1 is 0.743 bits per heavy atom. The first-order valence-electron chi connectivity index (χ1n) is 11.2. The number of rotatable bonds is 8. The molecule has 2 aromatic heterocycles. The molecule has 0 saturated carbocycles. The van der Waals surface area contributed by atoms with Crippen molar-refractivity contribution in [3.8, 4) is 0 Å². The van der Waals surface area contributed by atoms with Crippen molar-refractivity contribution in [2.45, 2.75) is 13.1 Å². The smallest absolute Gasteiger partial charge is 0.308 e. The van der Waals surface area contributed by atoms with Crippen molar-refractivity contribution in [1.82, 2.24) is 9.13 Å². The lowest BCUT2D eigenvalue weighted by atomic mass is 10.3. The predicted octanol–water partition coefficient (Wildman–Crippen LogP) is 6.42. The SMILES string of the molecule is CSCCn1/c(=N\Nc2ccccc2)sc2ccccc21.CSCCn1c(=O)sc2ccccc21. The number of aryl methyl sites for hydroxylation is 2. The van der Waals surface area contributed by atoms with Crippen molar-refractivity contribution in [3.63, 3.8) is 0 Å². The van der Waals surface area contributed by atoms with Crippen molar-refractivity contribution in [1.29, 1.82) is 0 Å². The highest BCUT2D eigenvalue weighted by Gasteiger charge is 2.06. The quantitative estimate of drug-likeness (QED) is 0.231. The van der Waals surface area contributed by atoms with E-state index in [1.54, 1.807) is 23.1 Å². The lowest BCUT2D eigenvalue weighted by Gasteiger charge is -2.04. The molecular formula is C26H28N4OS4. The van der Waals surface area contributed by atoms with Crippen LogP contribution in [-0.2, 0) is 13.1 Å². The van der Waals surface area contributed by atoms with E-state index < -0.39 is 0 Å². The van der Waals surface area contributed by atoms with Crippen LogP contribution in [0.4, 0.5) is 5.69 Å². The van der Waals surface area contributed by atoms with Gasteiger partial charge in [0.15, 0.2) is 0 Å². The Bertz CT molecular complexity index is 1480. The minimum atomic E-state index is 0.153. The Balaban J connectivity index is 0.000000179. The van der Waals surface area contributed by atoms with Crippen LogP contribution in [0.2, 0.25) is 0 Å².